The van der Waals surface area contributed by atoms with E-state index in [4.69, 9.17) is 5.73 Å². The highest BCUT2D eigenvalue weighted by atomic mass is 32.1. The van der Waals surface area contributed by atoms with Crippen molar-refractivity contribution in [1.29, 1.82) is 0 Å². The molecule has 112 valence electrons. The maximum absolute atomic E-state index is 12.3. The van der Waals surface area contributed by atoms with Gasteiger partial charge in [0, 0.05) is 24.0 Å². The second-order valence-corrected chi connectivity index (χ2v) is 6.32. The first-order valence-corrected chi connectivity index (χ1v) is 8.09. The number of benzene rings is 1. The van der Waals surface area contributed by atoms with Crippen LogP contribution in [0.4, 0.5) is 5.69 Å². The third-order valence-corrected chi connectivity index (χ3v) is 4.70. The smallest absolute Gasteiger partial charge is 0.222 e. The molecule has 2 aromatic rings. The molecule has 1 amide bonds. The van der Waals surface area contributed by atoms with Crippen molar-refractivity contribution in [2.45, 2.75) is 32.2 Å². The standard InChI is InChI=1S/C17H22N2OS/c1-13(14-6-3-7-15(18)12-14)19(2)17(20)10-4-8-16-9-5-11-21-16/h3,5-7,9,11-13H,4,8,10,18H2,1-2H3. The molecule has 0 aliphatic heterocycles. The number of thiophene rings is 1. The summed E-state index contributed by atoms with van der Waals surface area (Å²) < 4.78 is 0. The average Bonchev–Trinajstić information content (AvgIpc) is 2.99. The summed E-state index contributed by atoms with van der Waals surface area (Å²) in [5.41, 5.74) is 7.61. The maximum atomic E-state index is 12.3. The van der Waals surface area contributed by atoms with Crippen molar-refractivity contribution in [3.63, 3.8) is 0 Å². The van der Waals surface area contributed by atoms with Crippen LogP contribution >= 0.6 is 11.3 Å². The number of nitrogens with two attached hydrogens (primary N) is 1. The number of anilines is 1. The minimum absolute atomic E-state index is 0.0442. The van der Waals surface area contributed by atoms with Gasteiger partial charge in [0.2, 0.25) is 5.91 Å². The SMILES string of the molecule is CC(c1cccc(N)c1)N(C)C(=O)CCCc1cccs1. The van der Waals surface area contributed by atoms with Crippen LogP contribution in [0.1, 0.15) is 36.2 Å². The van der Waals surface area contributed by atoms with Crippen LogP contribution in [-0.2, 0) is 11.2 Å². The molecule has 0 bridgehead atoms. The minimum atomic E-state index is 0.0442. The quantitative estimate of drug-likeness (QED) is 0.823. The van der Waals surface area contributed by atoms with Gasteiger partial charge in [-0.25, -0.2) is 0 Å². The van der Waals surface area contributed by atoms with Gasteiger partial charge in [0.1, 0.15) is 0 Å². The number of rotatable bonds is 6. The Morgan fingerprint density at radius 2 is 2.14 bits per heavy atom. The van der Waals surface area contributed by atoms with Gasteiger partial charge in [-0.1, -0.05) is 18.2 Å². The lowest BCUT2D eigenvalue weighted by Crippen LogP contribution is -2.29. The Morgan fingerprint density at radius 1 is 1.33 bits per heavy atom. The molecule has 0 radical (unpaired) electrons. The fraction of sp³-hybridized carbons (Fsp3) is 0.353. The Balaban J connectivity index is 1.86. The molecule has 0 spiro atoms. The second-order valence-electron chi connectivity index (χ2n) is 5.28. The van der Waals surface area contributed by atoms with Crippen LogP contribution in [0.3, 0.4) is 0 Å². The number of amides is 1. The normalized spacial score (nSPS) is 12.1. The van der Waals surface area contributed by atoms with Gasteiger partial charge in [-0.05, 0) is 48.9 Å². The van der Waals surface area contributed by atoms with Gasteiger partial charge in [0.25, 0.3) is 0 Å². The zero-order valence-corrected chi connectivity index (χ0v) is 13.4. The van der Waals surface area contributed by atoms with Crippen LogP contribution < -0.4 is 5.73 Å². The van der Waals surface area contributed by atoms with Crippen molar-refractivity contribution in [1.82, 2.24) is 4.90 Å². The van der Waals surface area contributed by atoms with Crippen LogP contribution in [0.15, 0.2) is 41.8 Å². The molecule has 4 heteroatoms. The Labute approximate surface area is 130 Å². The van der Waals surface area contributed by atoms with Gasteiger partial charge in [0.15, 0.2) is 0 Å². The lowest BCUT2D eigenvalue weighted by Gasteiger charge is -2.25. The summed E-state index contributed by atoms with van der Waals surface area (Å²) in [6.07, 6.45) is 2.46. The summed E-state index contributed by atoms with van der Waals surface area (Å²) in [4.78, 5) is 15.4. The summed E-state index contributed by atoms with van der Waals surface area (Å²) in [5, 5.41) is 2.07. The Bertz CT molecular complexity index is 580. The van der Waals surface area contributed by atoms with Gasteiger partial charge < -0.3 is 10.6 Å². The fourth-order valence-corrected chi connectivity index (χ4v) is 3.05. The Hall–Kier alpha value is -1.81. The van der Waals surface area contributed by atoms with E-state index in [2.05, 4.69) is 17.5 Å². The monoisotopic (exact) mass is 302 g/mol. The average molecular weight is 302 g/mol. The number of aryl methyl sites for hydroxylation is 1. The van der Waals surface area contributed by atoms with Crippen LogP contribution in [0.5, 0.6) is 0 Å². The molecular weight excluding hydrogens is 280 g/mol. The molecule has 1 aromatic carbocycles. The van der Waals surface area contributed by atoms with Gasteiger partial charge in [-0.3, -0.25) is 4.79 Å². The first-order valence-electron chi connectivity index (χ1n) is 7.21. The van der Waals surface area contributed by atoms with Crippen molar-refractivity contribution < 1.29 is 4.79 Å². The number of hydrogen-bond acceptors (Lipinski definition) is 3. The van der Waals surface area contributed by atoms with Crippen molar-refractivity contribution >= 4 is 22.9 Å². The van der Waals surface area contributed by atoms with Crippen LogP contribution in [-0.4, -0.2) is 17.9 Å². The van der Waals surface area contributed by atoms with Gasteiger partial charge in [-0.15, -0.1) is 11.3 Å². The second kappa shape index (κ2) is 7.27. The van der Waals surface area contributed by atoms with E-state index in [0.717, 1.165) is 24.1 Å². The zero-order chi connectivity index (χ0) is 15.2. The predicted octanol–water partition coefficient (Wildman–Crippen LogP) is 3.87. The Kier molecular flexibility index (Phi) is 5.39. The molecule has 1 atom stereocenters. The van der Waals surface area contributed by atoms with E-state index in [1.807, 2.05) is 43.1 Å². The van der Waals surface area contributed by atoms with E-state index < -0.39 is 0 Å². The highest BCUT2D eigenvalue weighted by Gasteiger charge is 2.17. The van der Waals surface area contributed by atoms with Gasteiger partial charge in [0.05, 0.1) is 6.04 Å². The third kappa shape index (κ3) is 4.33. The molecule has 0 aliphatic rings. The van der Waals surface area contributed by atoms with E-state index in [1.54, 1.807) is 11.3 Å². The maximum Gasteiger partial charge on any atom is 0.222 e. The summed E-state index contributed by atoms with van der Waals surface area (Å²) in [5.74, 6) is 0.182. The van der Waals surface area contributed by atoms with E-state index in [1.165, 1.54) is 4.88 Å². The first kappa shape index (κ1) is 15.6. The summed E-state index contributed by atoms with van der Waals surface area (Å²) >= 11 is 1.75. The number of carbonyl (C=O) groups is 1. The molecule has 2 N–H and O–H groups in total. The predicted molar refractivity (Wildman–Crippen MR) is 89.3 cm³/mol. The number of carbonyl (C=O) groups excluding carboxylic acids is 1. The highest BCUT2D eigenvalue weighted by Crippen LogP contribution is 2.22. The first-order chi connectivity index (χ1) is 10.1. The summed E-state index contributed by atoms with van der Waals surface area (Å²) in [6, 6.07) is 11.9. The molecule has 0 aliphatic carbocycles. The van der Waals surface area contributed by atoms with E-state index >= 15 is 0 Å². The number of hydrogen-bond donors (Lipinski definition) is 1. The van der Waals surface area contributed by atoms with Crippen molar-refractivity contribution in [3.8, 4) is 0 Å². The van der Waals surface area contributed by atoms with E-state index in [-0.39, 0.29) is 11.9 Å². The van der Waals surface area contributed by atoms with Crippen molar-refractivity contribution in [3.05, 3.63) is 52.2 Å². The van der Waals surface area contributed by atoms with Gasteiger partial charge >= 0.3 is 0 Å². The molecule has 3 nitrogen and oxygen atoms in total. The number of nitrogens with zero attached hydrogens (tertiary/aromatic N) is 1. The van der Waals surface area contributed by atoms with Crippen molar-refractivity contribution in [2.24, 2.45) is 0 Å². The molecular formula is C17H22N2OS. The molecule has 0 saturated heterocycles. The van der Waals surface area contributed by atoms with Crippen LogP contribution in [0.25, 0.3) is 0 Å². The lowest BCUT2D eigenvalue weighted by molar-refractivity contribution is -0.131. The van der Waals surface area contributed by atoms with E-state index in [0.29, 0.717) is 6.42 Å². The van der Waals surface area contributed by atoms with E-state index in [9.17, 15) is 4.79 Å². The Morgan fingerprint density at radius 3 is 2.81 bits per heavy atom. The molecule has 21 heavy (non-hydrogen) atoms. The topological polar surface area (TPSA) is 46.3 Å². The van der Waals surface area contributed by atoms with Crippen molar-refractivity contribution in [2.75, 3.05) is 12.8 Å². The van der Waals surface area contributed by atoms with Gasteiger partial charge in [-0.2, -0.15) is 0 Å². The largest absolute Gasteiger partial charge is 0.399 e. The highest BCUT2D eigenvalue weighted by molar-refractivity contribution is 7.09. The van der Waals surface area contributed by atoms with Crippen LogP contribution in [0, 0.1) is 0 Å². The molecule has 2 rings (SSSR count). The molecule has 1 unspecified atom stereocenters. The lowest BCUT2D eigenvalue weighted by atomic mass is 10.1. The summed E-state index contributed by atoms with van der Waals surface area (Å²) in [6.45, 7) is 2.03. The summed E-state index contributed by atoms with van der Waals surface area (Å²) in [7, 11) is 1.86. The fourth-order valence-electron chi connectivity index (χ4n) is 2.30. The molecule has 0 saturated carbocycles. The third-order valence-electron chi connectivity index (χ3n) is 3.76. The molecule has 1 aromatic heterocycles. The van der Waals surface area contributed by atoms with Crippen LogP contribution in [0.2, 0.25) is 0 Å². The number of nitrogen functional groups attached to an aromatic ring is 1. The minimum Gasteiger partial charge on any atom is -0.399 e. The molecule has 1 heterocycles. The zero-order valence-electron chi connectivity index (χ0n) is 12.6. The molecule has 0 fully saturated rings.